The zero-order chi connectivity index (χ0) is 16.6. The standard InChI is InChI=1S/C15H27N3O3/c1-9(2)6-7-12(14(16)20)18-15(21)13(8-10(3)4)17-11(5)19/h6,10,12-13H,7-8H2,1-5H3,(H2,16,20)(H,17,19)(H,18,21)/t12-,13+/m1/s1. The Labute approximate surface area is 126 Å². The first-order chi connectivity index (χ1) is 9.63. The van der Waals surface area contributed by atoms with Crippen LogP contribution in [0.2, 0.25) is 0 Å². The maximum Gasteiger partial charge on any atom is 0.243 e. The van der Waals surface area contributed by atoms with Crippen LogP contribution < -0.4 is 16.4 Å². The highest BCUT2D eigenvalue weighted by Crippen LogP contribution is 2.06. The van der Waals surface area contributed by atoms with Gasteiger partial charge in [0.1, 0.15) is 12.1 Å². The molecule has 0 aliphatic carbocycles. The maximum atomic E-state index is 12.2. The molecule has 4 N–H and O–H groups in total. The molecule has 0 saturated carbocycles. The third-order valence-electron chi connectivity index (χ3n) is 2.82. The van der Waals surface area contributed by atoms with Crippen molar-refractivity contribution in [2.75, 3.05) is 0 Å². The number of hydrogen-bond donors (Lipinski definition) is 3. The monoisotopic (exact) mass is 297 g/mol. The van der Waals surface area contributed by atoms with E-state index >= 15 is 0 Å². The van der Waals surface area contributed by atoms with Crippen molar-refractivity contribution in [3.63, 3.8) is 0 Å². The largest absolute Gasteiger partial charge is 0.368 e. The summed E-state index contributed by atoms with van der Waals surface area (Å²) in [5.74, 6) is -1.02. The Hall–Kier alpha value is -1.85. The van der Waals surface area contributed by atoms with Gasteiger partial charge in [-0.15, -0.1) is 0 Å². The fourth-order valence-corrected chi connectivity index (χ4v) is 1.82. The van der Waals surface area contributed by atoms with E-state index in [4.69, 9.17) is 5.73 Å². The van der Waals surface area contributed by atoms with Crippen LogP contribution >= 0.6 is 0 Å². The van der Waals surface area contributed by atoms with Gasteiger partial charge in [0.15, 0.2) is 0 Å². The number of hydrogen-bond acceptors (Lipinski definition) is 3. The molecule has 0 aromatic heterocycles. The van der Waals surface area contributed by atoms with Crippen molar-refractivity contribution >= 4 is 17.7 Å². The second-order valence-corrected chi connectivity index (χ2v) is 5.86. The van der Waals surface area contributed by atoms with Gasteiger partial charge in [0, 0.05) is 6.92 Å². The van der Waals surface area contributed by atoms with Gasteiger partial charge in [-0.25, -0.2) is 0 Å². The molecule has 0 aliphatic heterocycles. The topological polar surface area (TPSA) is 101 Å². The molecule has 0 unspecified atom stereocenters. The van der Waals surface area contributed by atoms with Gasteiger partial charge >= 0.3 is 0 Å². The third-order valence-corrected chi connectivity index (χ3v) is 2.82. The lowest BCUT2D eigenvalue weighted by molar-refractivity contribution is -0.131. The summed E-state index contributed by atoms with van der Waals surface area (Å²) in [6, 6.07) is -1.42. The lowest BCUT2D eigenvalue weighted by Crippen LogP contribution is -2.52. The van der Waals surface area contributed by atoms with Crippen molar-refractivity contribution in [2.24, 2.45) is 11.7 Å². The number of nitrogens with one attached hydrogen (secondary N) is 2. The van der Waals surface area contributed by atoms with E-state index in [1.807, 2.05) is 33.8 Å². The van der Waals surface area contributed by atoms with Crippen molar-refractivity contribution in [1.82, 2.24) is 10.6 Å². The van der Waals surface area contributed by atoms with Crippen molar-refractivity contribution in [3.8, 4) is 0 Å². The Bertz CT molecular complexity index is 412. The average Bonchev–Trinajstić information content (AvgIpc) is 2.31. The molecule has 0 radical (unpaired) electrons. The molecule has 0 spiro atoms. The van der Waals surface area contributed by atoms with Crippen LogP contribution in [0.3, 0.4) is 0 Å². The van der Waals surface area contributed by atoms with Crippen molar-refractivity contribution in [1.29, 1.82) is 0 Å². The number of nitrogens with two attached hydrogens (primary N) is 1. The van der Waals surface area contributed by atoms with Gasteiger partial charge in [-0.2, -0.15) is 0 Å². The lowest BCUT2D eigenvalue weighted by Gasteiger charge is -2.22. The van der Waals surface area contributed by atoms with E-state index in [-0.39, 0.29) is 17.7 Å². The summed E-state index contributed by atoms with van der Waals surface area (Å²) >= 11 is 0. The Balaban J connectivity index is 4.85. The van der Waals surface area contributed by atoms with E-state index < -0.39 is 18.0 Å². The summed E-state index contributed by atoms with van der Waals surface area (Å²) in [7, 11) is 0. The predicted molar refractivity (Wildman–Crippen MR) is 82.2 cm³/mol. The van der Waals surface area contributed by atoms with Crippen LogP contribution in [0, 0.1) is 5.92 Å². The summed E-state index contributed by atoms with van der Waals surface area (Å²) in [5.41, 5.74) is 6.34. The number of amides is 3. The third kappa shape index (κ3) is 8.83. The van der Waals surface area contributed by atoms with Crippen LogP contribution in [0.5, 0.6) is 0 Å². The van der Waals surface area contributed by atoms with Crippen molar-refractivity contribution < 1.29 is 14.4 Å². The van der Waals surface area contributed by atoms with E-state index in [2.05, 4.69) is 10.6 Å². The summed E-state index contributed by atoms with van der Waals surface area (Å²) in [4.78, 5) is 34.8. The summed E-state index contributed by atoms with van der Waals surface area (Å²) < 4.78 is 0. The zero-order valence-electron chi connectivity index (χ0n) is 13.5. The van der Waals surface area contributed by atoms with Crippen molar-refractivity contribution in [2.45, 2.75) is 59.5 Å². The second kappa shape index (κ2) is 9.15. The minimum Gasteiger partial charge on any atom is -0.368 e. The smallest absolute Gasteiger partial charge is 0.243 e. The minimum atomic E-state index is -0.768. The first-order valence-corrected chi connectivity index (χ1v) is 7.13. The van der Waals surface area contributed by atoms with Crippen LogP contribution in [-0.2, 0) is 14.4 Å². The van der Waals surface area contributed by atoms with E-state index in [1.165, 1.54) is 6.92 Å². The van der Waals surface area contributed by atoms with Gasteiger partial charge in [-0.05, 0) is 32.6 Å². The van der Waals surface area contributed by atoms with Crippen LogP contribution in [0.1, 0.15) is 47.5 Å². The minimum absolute atomic E-state index is 0.234. The first-order valence-electron chi connectivity index (χ1n) is 7.13. The molecule has 2 atom stereocenters. The average molecular weight is 297 g/mol. The number of carbonyl (C=O) groups excluding carboxylic acids is 3. The SMILES string of the molecule is CC(=O)N[C@@H](CC(C)C)C(=O)N[C@H](CC=C(C)C)C(N)=O. The normalized spacial score (nSPS) is 13.2. The highest BCUT2D eigenvalue weighted by atomic mass is 16.2. The van der Waals surface area contributed by atoms with E-state index in [0.717, 1.165) is 5.57 Å². The van der Waals surface area contributed by atoms with E-state index in [9.17, 15) is 14.4 Å². The summed E-state index contributed by atoms with van der Waals surface area (Å²) in [5, 5.41) is 5.21. The summed E-state index contributed by atoms with van der Waals surface area (Å²) in [6.45, 7) is 9.07. The van der Waals surface area contributed by atoms with Gasteiger partial charge in [0.25, 0.3) is 0 Å². The molecule has 0 rings (SSSR count). The fraction of sp³-hybridized carbons (Fsp3) is 0.667. The van der Waals surface area contributed by atoms with Crippen LogP contribution in [0.15, 0.2) is 11.6 Å². The zero-order valence-corrected chi connectivity index (χ0v) is 13.5. The Morgan fingerprint density at radius 1 is 1.05 bits per heavy atom. The molecule has 21 heavy (non-hydrogen) atoms. The van der Waals surface area contributed by atoms with Gasteiger partial charge in [-0.3, -0.25) is 14.4 Å². The second-order valence-electron chi connectivity index (χ2n) is 5.86. The van der Waals surface area contributed by atoms with E-state index in [0.29, 0.717) is 12.8 Å². The lowest BCUT2D eigenvalue weighted by atomic mass is 10.0. The number of allylic oxidation sites excluding steroid dienone is 1. The molecule has 0 aromatic carbocycles. The first kappa shape index (κ1) is 19.1. The summed E-state index contributed by atoms with van der Waals surface area (Å²) in [6.07, 6.45) is 2.68. The predicted octanol–water partition coefficient (Wildman–Crippen LogP) is 0.864. The Kier molecular flexibility index (Phi) is 8.35. The molecule has 0 bridgehead atoms. The molecule has 0 aliphatic rings. The highest BCUT2D eigenvalue weighted by molar-refractivity contribution is 5.91. The molecule has 0 heterocycles. The van der Waals surface area contributed by atoms with Crippen molar-refractivity contribution in [3.05, 3.63) is 11.6 Å². The molecule has 0 saturated heterocycles. The number of rotatable bonds is 8. The molecule has 6 heteroatoms. The molecule has 0 fully saturated rings. The van der Waals surface area contributed by atoms with Crippen LogP contribution in [0.25, 0.3) is 0 Å². The van der Waals surface area contributed by atoms with Gasteiger partial charge in [-0.1, -0.05) is 25.5 Å². The van der Waals surface area contributed by atoms with E-state index in [1.54, 1.807) is 0 Å². The van der Waals surface area contributed by atoms with Crippen LogP contribution in [-0.4, -0.2) is 29.8 Å². The molecular formula is C15H27N3O3. The molecule has 120 valence electrons. The fourth-order valence-electron chi connectivity index (χ4n) is 1.82. The Morgan fingerprint density at radius 3 is 2.00 bits per heavy atom. The van der Waals surface area contributed by atoms with Crippen LogP contribution in [0.4, 0.5) is 0 Å². The molecular weight excluding hydrogens is 270 g/mol. The maximum absolute atomic E-state index is 12.2. The molecule has 6 nitrogen and oxygen atoms in total. The van der Waals surface area contributed by atoms with Gasteiger partial charge in [0.2, 0.25) is 17.7 Å². The highest BCUT2D eigenvalue weighted by Gasteiger charge is 2.24. The van der Waals surface area contributed by atoms with Gasteiger partial charge < -0.3 is 16.4 Å². The quantitative estimate of drug-likeness (QED) is 0.579. The number of primary amides is 1. The number of carbonyl (C=O) groups is 3. The van der Waals surface area contributed by atoms with Gasteiger partial charge in [0.05, 0.1) is 0 Å². The molecule has 0 aromatic rings. The molecule has 3 amide bonds. The Morgan fingerprint density at radius 2 is 1.62 bits per heavy atom.